The summed E-state index contributed by atoms with van der Waals surface area (Å²) >= 11 is 1.30. The van der Waals surface area contributed by atoms with E-state index in [0.717, 1.165) is 17.0 Å². The normalized spacial score (nSPS) is 15.9. The fraction of sp³-hybridized carbons (Fsp3) is 0.200. The van der Waals surface area contributed by atoms with Gasteiger partial charge in [-0.25, -0.2) is 0 Å². The highest BCUT2D eigenvalue weighted by Crippen LogP contribution is 2.26. The molecule has 142 valence electrons. The smallest absolute Gasteiger partial charge is 0.257 e. The van der Waals surface area contributed by atoms with Crippen molar-refractivity contribution in [3.63, 3.8) is 0 Å². The largest absolute Gasteiger partial charge is 0.368 e. The van der Waals surface area contributed by atoms with Crippen molar-refractivity contribution in [1.29, 1.82) is 0 Å². The van der Waals surface area contributed by atoms with Crippen molar-refractivity contribution in [3.8, 4) is 10.6 Å². The maximum absolute atomic E-state index is 12.5. The number of ether oxygens (including phenoxy) is 1. The molecule has 2 aromatic carbocycles. The summed E-state index contributed by atoms with van der Waals surface area (Å²) in [5.74, 6) is -0.504. The molecule has 2 heterocycles. The lowest BCUT2D eigenvalue weighted by Gasteiger charge is -2.11. The van der Waals surface area contributed by atoms with Gasteiger partial charge in [-0.1, -0.05) is 47.7 Å². The molecule has 1 fully saturated rings. The molecule has 8 heteroatoms. The molecular formula is C20H18N4O3S. The van der Waals surface area contributed by atoms with Crippen LogP contribution in [0.2, 0.25) is 0 Å². The Hall–Kier alpha value is -3.10. The Balaban J connectivity index is 1.42. The number of carbonyl (C=O) groups is 2. The maximum Gasteiger partial charge on any atom is 0.257 e. The molecule has 2 N–H and O–H groups in total. The third-order valence-electron chi connectivity index (χ3n) is 4.28. The number of rotatable bonds is 5. The number of nitrogens with one attached hydrogen (secondary N) is 2. The second kappa shape index (κ2) is 8.28. The maximum atomic E-state index is 12.5. The topological polar surface area (TPSA) is 93.2 Å². The van der Waals surface area contributed by atoms with E-state index < -0.39 is 6.10 Å². The summed E-state index contributed by atoms with van der Waals surface area (Å²) in [5.41, 5.74) is 1.91. The van der Waals surface area contributed by atoms with Gasteiger partial charge in [-0.2, -0.15) is 0 Å². The van der Waals surface area contributed by atoms with Crippen LogP contribution in [0.5, 0.6) is 0 Å². The molecule has 0 radical (unpaired) electrons. The van der Waals surface area contributed by atoms with Crippen molar-refractivity contribution >= 4 is 34.0 Å². The number of aromatic nitrogens is 2. The first-order valence-electron chi connectivity index (χ1n) is 8.92. The van der Waals surface area contributed by atoms with Gasteiger partial charge in [0.15, 0.2) is 0 Å². The molecule has 0 saturated carbocycles. The van der Waals surface area contributed by atoms with Crippen LogP contribution in [0, 0.1) is 0 Å². The van der Waals surface area contributed by atoms with Crippen molar-refractivity contribution in [3.05, 3.63) is 60.2 Å². The van der Waals surface area contributed by atoms with Gasteiger partial charge >= 0.3 is 0 Å². The predicted molar refractivity (Wildman–Crippen MR) is 107 cm³/mol. The lowest BCUT2D eigenvalue weighted by Crippen LogP contribution is -2.27. The minimum Gasteiger partial charge on any atom is -0.368 e. The summed E-state index contributed by atoms with van der Waals surface area (Å²) in [5, 5.41) is 14.8. The van der Waals surface area contributed by atoms with Crippen LogP contribution >= 0.6 is 11.3 Å². The van der Waals surface area contributed by atoms with Gasteiger partial charge in [0.25, 0.3) is 11.8 Å². The van der Waals surface area contributed by atoms with E-state index in [9.17, 15) is 9.59 Å². The third-order valence-corrected chi connectivity index (χ3v) is 5.17. The number of anilines is 2. The first-order valence-corrected chi connectivity index (χ1v) is 9.73. The van der Waals surface area contributed by atoms with Crippen molar-refractivity contribution in [1.82, 2.24) is 10.2 Å². The molecule has 1 aliphatic rings. The quantitative estimate of drug-likeness (QED) is 0.690. The minimum absolute atomic E-state index is 0.188. The average molecular weight is 394 g/mol. The second-order valence-electron chi connectivity index (χ2n) is 6.30. The lowest BCUT2D eigenvalue weighted by atomic mass is 10.1. The highest BCUT2D eigenvalue weighted by atomic mass is 32.1. The molecule has 1 unspecified atom stereocenters. The summed E-state index contributed by atoms with van der Waals surface area (Å²) < 4.78 is 5.38. The molecule has 3 aromatic rings. The van der Waals surface area contributed by atoms with Crippen LogP contribution in [0.15, 0.2) is 54.6 Å². The van der Waals surface area contributed by atoms with E-state index >= 15 is 0 Å². The number of hydrogen-bond donors (Lipinski definition) is 2. The molecule has 1 atom stereocenters. The van der Waals surface area contributed by atoms with E-state index in [1.165, 1.54) is 11.3 Å². The molecule has 1 aliphatic heterocycles. The first-order chi connectivity index (χ1) is 13.7. The number of nitrogens with zero attached hydrogens (tertiary/aromatic N) is 2. The molecule has 0 bridgehead atoms. The van der Waals surface area contributed by atoms with E-state index in [4.69, 9.17) is 4.74 Å². The van der Waals surface area contributed by atoms with Gasteiger partial charge in [-0.05, 0) is 31.0 Å². The van der Waals surface area contributed by atoms with Crippen LogP contribution in [0.3, 0.4) is 0 Å². The van der Waals surface area contributed by atoms with Crippen molar-refractivity contribution in [2.45, 2.75) is 18.9 Å². The molecule has 0 spiro atoms. The molecule has 4 rings (SSSR count). The highest BCUT2D eigenvalue weighted by molar-refractivity contribution is 7.18. The van der Waals surface area contributed by atoms with Crippen molar-refractivity contribution in [2.75, 3.05) is 17.2 Å². The van der Waals surface area contributed by atoms with Crippen LogP contribution in [-0.4, -0.2) is 34.7 Å². The van der Waals surface area contributed by atoms with Crippen LogP contribution in [-0.2, 0) is 9.53 Å². The Morgan fingerprint density at radius 2 is 1.89 bits per heavy atom. The van der Waals surface area contributed by atoms with Gasteiger partial charge in [0, 0.05) is 23.4 Å². The molecule has 1 aromatic heterocycles. The van der Waals surface area contributed by atoms with Crippen molar-refractivity contribution in [2.24, 2.45) is 0 Å². The summed E-state index contributed by atoms with van der Waals surface area (Å²) in [6.45, 7) is 0.605. The Morgan fingerprint density at radius 1 is 1.04 bits per heavy atom. The first kappa shape index (κ1) is 18.3. The molecule has 1 saturated heterocycles. The monoisotopic (exact) mass is 394 g/mol. The van der Waals surface area contributed by atoms with Gasteiger partial charge in [0.1, 0.15) is 11.1 Å². The number of hydrogen-bond acceptors (Lipinski definition) is 6. The standard InChI is InChI=1S/C20H18N4O3S/c25-17(22-20-24-23-19(28-20)13-6-2-1-3-7-13)14-8-4-9-15(12-14)21-18(26)16-10-5-11-27-16/h1-4,6-9,12,16H,5,10-11H2,(H,21,26)(H,22,24,25). The Morgan fingerprint density at radius 3 is 2.68 bits per heavy atom. The summed E-state index contributed by atoms with van der Waals surface area (Å²) in [4.78, 5) is 24.7. The van der Waals surface area contributed by atoms with Crippen LogP contribution in [0.1, 0.15) is 23.2 Å². The minimum atomic E-state index is -0.421. The van der Waals surface area contributed by atoms with Gasteiger partial charge in [0.2, 0.25) is 5.13 Å². The number of amides is 2. The van der Waals surface area contributed by atoms with Gasteiger partial charge < -0.3 is 10.1 Å². The fourth-order valence-corrected chi connectivity index (χ4v) is 3.63. The number of benzene rings is 2. The molecule has 28 heavy (non-hydrogen) atoms. The van der Waals surface area contributed by atoms with E-state index in [0.29, 0.717) is 29.4 Å². The van der Waals surface area contributed by atoms with E-state index in [-0.39, 0.29) is 11.8 Å². The molecule has 7 nitrogen and oxygen atoms in total. The zero-order valence-electron chi connectivity index (χ0n) is 14.9. The van der Waals surface area contributed by atoms with Crippen LogP contribution in [0.25, 0.3) is 10.6 Å². The Labute approximate surface area is 165 Å². The Bertz CT molecular complexity index is 984. The van der Waals surface area contributed by atoms with Crippen molar-refractivity contribution < 1.29 is 14.3 Å². The summed E-state index contributed by atoms with van der Waals surface area (Å²) in [7, 11) is 0. The van der Waals surface area contributed by atoms with E-state index in [1.807, 2.05) is 30.3 Å². The lowest BCUT2D eigenvalue weighted by molar-refractivity contribution is -0.124. The van der Waals surface area contributed by atoms with Gasteiger partial charge in [-0.15, -0.1) is 10.2 Å². The summed E-state index contributed by atoms with van der Waals surface area (Å²) in [6.07, 6.45) is 1.18. The molecule has 2 amide bonds. The van der Waals surface area contributed by atoms with E-state index in [2.05, 4.69) is 20.8 Å². The number of carbonyl (C=O) groups excluding carboxylic acids is 2. The third kappa shape index (κ3) is 4.24. The van der Waals surface area contributed by atoms with Gasteiger partial charge in [0.05, 0.1) is 0 Å². The Kier molecular flexibility index (Phi) is 5.41. The average Bonchev–Trinajstić information content (AvgIpc) is 3.41. The second-order valence-corrected chi connectivity index (χ2v) is 7.28. The highest BCUT2D eigenvalue weighted by Gasteiger charge is 2.23. The summed E-state index contributed by atoms with van der Waals surface area (Å²) in [6, 6.07) is 16.4. The van der Waals surface area contributed by atoms with E-state index in [1.54, 1.807) is 24.3 Å². The molecule has 0 aliphatic carbocycles. The zero-order valence-corrected chi connectivity index (χ0v) is 15.7. The predicted octanol–water partition coefficient (Wildman–Crippen LogP) is 3.57. The van der Waals surface area contributed by atoms with Crippen LogP contribution in [0.4, 0.5) is 10.8 Å². The van der Waals surface area contributed by atoms with Gasteiger partial charge in [-0.3, -0.25) is 14.9 Å². The zero-order chi connectivity index (χ0) is 19.3. The SMILES string of the molecule is O=C(Nc1nnc(-c2ccccc2)s1)c1cccc(NC(=O)C2CCCO2)c1. The fourth-order valence-electron chi connectivity index (χ4n) is 2.89. The molecular weight excluding hydrogens is 376 g/mol. The van der Waals surface area contributed by atoms with Crippen LogP contribution < -0.4 is 10.6 Å².